The summed E-state index contributed by atoms with van der Waals surface area (Å²) in [5.74, 6) is 0. The lowest BCUT2D eigenvalue weighted by atomic mass is 10.0. The summed E-state index contributed by atoms with van der Waals surface area (Å²) in [7, 11) is 0. The van der Waals surface area contributed by atoms with Crippen LogP contribution in [0.5, 0.6) is 0 Å². The molecule has 0 aliphatic heterocycles. The van der Waals surface area contributed by atoms with Crippen LogP contribution in [-0.4, -0.2) is 9.13 Å². The molecule has 3 aromatic heterocycles. The molecule has 0 aliphatic carbocycles. The van der Waals surface area contributed by atoms with E-state index >= 15 is 0 Å². The van der Waals surface area contributed by atoms with Gasteiger partial charge in [-0.15, -0.1) is 12.6 Å². The van der Waals surface area contributed by atoms with E-state index in [1.165, 1.54) is 49.4 Å². The second-order valence-corrected chi connectivity index (χ2v) is 12.4. The Morgan fingerprint density at radius 2 is 0.913 bits per heavy atom. The molecular weight excluding hydrogens is 581 g/mol. The van der Waals surface area contributed by atoms with Gasteiger partial charge in [0.1, 0.15) is 5.58 Å². The first-order valence-corrected chi connectivity index (χ1v) is 16.0. The molecule has 10 aromatic rings. The fourth-order valence-corrected chi connectivity index (χ4v) is 7.64. The summed E-state index contributed by atoms with van der Waals surface area (Å²) in [6.45, 7) is 0. The van der Waals surface area contributed by atoms with Crippen molar-refractivity contribution in [2.24, 2.45) is 0 Å². The summed E-state index contributed by atoms with van der Waals surface area (Å²) < 4.78 is 11.2. The maximum absolute atomic E-state index is 6.54. The SMILES string of the molecule is Sc1cccc2c1oc1c(-n3c4ccccc4c4cc(-c5ccc6c(c5)c5ccccc5n6-c5ccccc5)ccc43)cccc12. The zero-order valence-electron chi connectivity index (χ0n) is 24.7. The summed E-state index contributed by atoms with van der Waals surface area (Å²) in [5, 5.41) is 7.10. The highest BCUT2D eigenvalue weighted by atomic mass is 32.1. The second-order valence-electron chi connectivity index (χ2n) is 11.9. The van der Waals surface area contributed by atoms with E-state index in [1.807, 2.05) is 12.1 Å². The van der Waals surface area contributed by atoms with Gasteiger partial charge in [-0.1, -0.05) is 91.0 Å². The van der Waals surface area contributed by atoms with Crippen molar-refractivity contribution in [1.29, 1.82) is 0 Å². The molecule has 0 atom stereocenters. The Morgan fingerprint density at radius 1 is 0.391 bits per heavy atom. The molecule has 0 N–H and O–H groups in total. The molecule has 7 aromatic carbocycles. The third-order valence-corrected chi connectivity index (χ3v) is 9.77. The van der Waals surface area contributed by atoms with Gasteiger partial charge in [-0.3, -0.25) is 0 Å². The minimum absolute atomic E-state index is 0.820. The number of fused-ring (bicyclic) bond motifs is 9. The number of aromatic nitrogens is 2. The maximum Gasteiger partial charge on any atom is 0.159 e. The molecule has 46 heavy (non-hydrogen) atoms. The van der Waals surface area contributed by atoms with Crippen LogP contribution in [0.25, 0.3) is 88.1 Å². The molecular formula is C42H26N2OS. The largest absolute Gasteiger partial charge is 0.453 e. The standard InChI is InChI=1S/C42H26N2OS/c46-40-19-9-15-32-31-14-8-18-39(41(31)45-42(32)40)44-36-17-7-5-13-30(36)34-25-27(21-23-38(34)44)26-20-22-37-33(24-26)29-12-4-6-16-35(29)43(37)28-10-2-1-3-11-28/h1-25,46H. The van der Waals surface area contributed by atoms with Crippen LogP contribution in [0.15, 0.2) is 161 Å². The minimum Gasteiger partial charge on any atom is -0.453 e. The smallest absolute Gasteiger partial charge is 0.159 e. The number of rotatable bonds is 3. The summed E-state index contributed by atoms with van der Waals surface area (Å²) >= 11 is 4.69. The van der Waals surface area contributed by atoms with Crippen molar-refractivity contribution in [3.05, 3.63) is 152 Å². The fraction of sp³-hybridized carbons (Fsp3) is 0. The van der Waals surface area contributed by atoms with Crippen molar-refractivity contribution >= 4 is 78.2 Å². The van der Waals surface area contributed by atoms with Crippen LogP contribution in [0.1, 0.15) is 0 Å². The zero-order chi connectivity index (χ0) is 30.4. The molecule has 0 bridgehead atoms. The van der Waals surface area contributed by atoms with Gasteiger partial charge in [0.05, 0.1) is 27.8 Å². The third kappa shape index (κ3) is 3.56. The van der Waals surface area contributed by atoms with Gasteiger partial charge >= 0.3 is 0 Å². The van der Waals surface area contributed by atoms with E-state index in [0.717, 1.165) is 43.6 Å². The monoisotopic (exact) mass is 606 g/mol. The Labute approximate surface area is 269 Å². The number of hydrogen-bond acceptors (Lipinski definition) is 2. The van der Waals surface area contributed by atoms with Crippen LogP contribution >= 0.6 is 12.6 Å². The lowest BCUT2D eigenvalue weighted by Gasteiger charge is -2.10. The highest BCUT2D eigenvalue weighted by Crippen LogP contribution is 2.41. The quantitative estimate of drug-likeness (QED) is 0.199. The molecule has 3 nitrogen and oxygen atoms in total. The Balaban J connectivity index is 1.20. The van der Waals surface area contributed by atoms with Gasteiger partial charge in [0.15, 0.2) is 5.58 Å². The van der Waals surface area contributed by atoms with Gasteiger partial charge in [-0.2, -0.15) is 0 Å². The van der Waals surface area contributed by atoms with Crippen molar-refractivity contribution in [1.82, 2.24) is 9.13 Å². The van der Waals surface area contributed by atoms with Crippen molar-refractivity contribution in [3.8, 4) is 22.5 Å². The highest BCUT2D eigenvalue weighted by molar-refractivity contribution is 7.80. The summed E-state index contributed by atoms with van der Waals surface area (Å²) in [5.41, 5.74) is 11.0. The predicted molar refractivity (Wildman–Crippen MR) is 195 cm³/mol. The molecule has 0 fully saturated rings. The molecule has 0 saturated heterocycles. The number of furan rings is 1. The molecule has 0 aliphatic rings. The number of nitrogens with zero attached hydrogens (tertiary/aromatic N) is 2. The molecule has 4 heteroatoms. The minimum atomic E-state index is 0.820. The molecule has 216 valence electrons. The van der Waals surface area contributed by atoms with Gasteiger partial charge in [0, 0.05) is 42.9 Å². The normalized spacial score (nSPS) is 12.0. The Hall–Kier alpha value is -5.71. The van der Waals surface area contributed by atoms with Crippen LogP contribution < -0.4 is 0 Å². The molecule has 0 spiro atoms. The summed E-state index contributed by atoms with van der Waals surface area (Å²) in [6, 6.07) is 54.2. The van der Waals surface area contributed by atoms with Crippen molar-refractivity contribution in [3.63, 3.8) is 0 Å². The van der Waals surface area contributed by atoms with E-state index in [4.69, 9.17) is 17.0 Å². The topological polar surface area (TPSA) is 23.0 Å². The molecule has 0 radical (unpaired) electrons. The average molecular weight is 607 g/mol. The number of benzene rings is 7. The predicted octanol–water partition coefficient (Wildman–Crippen LogP) is 11.7. The van der Waals surface area contributed by atoms with Crippen LogP contribution in [-0.2, 0) is 0 Å². The fourth-order valence-electron chi connectivity index (χ4n) is 7.39. The third-order valence-electron chi connectivity index (χ3n) is 9.42. The van der Waals surface area contributed by atoms with Crippen molar-refractivity contribution in [2.75, 3.05) is 0 Å². The Kier molecular flexibility index (Phi) is 5.37. The lowest BCUT2D eigenvalue weighted by Crippen LogP contribution is -1.94. The molecule has 3 heterocycles. The first kappa shape index (κ1) is 25.6. The first-order valence-electron chi connectivity index (χ1n) is 15.5. The molecule has 10 rings (SSSR count). The second kappa shape index (κ2) is 9.64. The van der Waals surface area contributed by atoms with Crippen LogP contribution in [0.3, 0.4) is 0 Å². The van der Waals surface area contributed by atoms with E-state index in [2.05, 4.69) is 149 Å². The van der Waals surface area contributed by atoms with Gasteiger partial charge < -0.3 is 13.6 Å². The van der Waals surface area contributed by atoms with Crippen LogP contribution in [0.4, 0.5) is 0 Å². The number of hydrogen-bond donors (Lipinski definition) is 1. The Morgan fingerprint density at radius 3 is 1.61 bits per heavy atom. The van der Waals surface area contributed by atoms with Gasteiger partial charge in [0.25, 0.3) is 0 Å². The first-order chi connectivity index (χ1) is 22.7. The molecule has 0 saturated carbocycles. The maximum atomic E-state index is 6.54. The molecule has 0 unspecified atom stereocenters. The lowest BCUT2D eigenvalue weighted by molar-refractivity contribution is 0.658. The number of para-hydroxylation sites is 5. The molecule has 0 amide bonds. The van der Waals surface area contributed by atoms with E-state index in [1.54, 1.807) is 0 Å². The summed E-state index contributed by atoms with van der Waals surface area (Å²) in [6.07, 6.45) is 0. The van der Waals surface area contributed by atoms with Gasteiger partial charge in [-0.05, 0) is 71.8 Å². The Bertz CT molecular complexity index is 2820. The van der Waals surface area contributed by atoms with Crippen molar-refractivity contribution < 1.29 is 4.42 Å². The highest BCUT2D eigenvalue weighted by Gasteiger charge is 2.19. The van der Waals surface area contributed by atoms with E-state index in [0.29, 0.717) is 0 Å². The zero-order valence-corrected chi connectivity index (χ0v) is 25.6. The van der Waals surface area contributed by atoms with Gasteiger partial charge in [-0.25, -0.2) is 0 Å². The number of thiol groups is 1. The van der Waals surface area contributed by atoms with E-state index in [9.17, 15) is 0 Å². The summed E-state index contributed by atoms with van der Waals surface area (Å²) in [4.78, 5) is 0.843. The van der Waals surface area contributed by atoms with Gasteiger partial charge in [0.2, 0.25) is 0 Å². The van der Waals surface area contributed by atoms with Crippen LogP contribution in [0, 0.1) is 0 Å². The van der Waals surface area contributed by atoms with Crippen molar-refractivity contribution in [2.45, 2.75) is 4.90 Å². The van der Waals surface area contributed by atoms with Crippen LogP contribution in [0.2, 0.25) is 0 Å². The van der Waals surface area contributed by atoms with E-state index in [-0.39, 0.29) is 0 Å². The van der Waals surface area contributed by atoms with E-state index < -0.39 is 0 Å². The average Bonchev–Trinajstić information content (AvgIpc) is 3.77.